The van der Waals surface area contributed by atoms with Gasteiger partial charge in [0.1, 0.15) is 11.8 Å². The topological polar surface area (TPSA) is 78.4 Å². The Kier molecular flexibility index (Phi) is 2.29. The molecule has 15 heavy (non-hydrogen) atoms. The average molecular weight is 206 g/mol. The predicted octanol–water partition coefficient (Wildman–Crippen LogP) is -0.321. The average Bonchev–Trinajstić information content (AvgIpc) is 2.22. The number of phenols is 1. The lowest BCUT2D eigenvalue weighted by Gasteiger charge is -2.23. The summed E-state index contributed by atoms with van der Waals surface area (Å²) in [6.07, 6.45) is 0. The van der Waals surface area contributed by atoms with E-state index in [1.807, 2.05) is 0 Å². The molecule has 2 rings (SSSR count). The van der Waals surface area contributed by atoms with Crippen LogP contribution in [0.5, 0.6) is 5.75 Å². The fourth-order valence-electron chi connectivity index (χ4n) is 1.49. The van der Waals surface area contributed by atoms with E-state index >= 15 is 0 Å². The van der Waals surface area contributed by atoms with Crippen LogP contribution in [0.4, 0.5) is 0 Å². The third-order valence-electron chi connectivity index (χ3n) is 2.19. The molecule has 2 amide bonds. The number of hydrogen-bond donors (Lipinski definition) is 3. The zero-order valence-corrected chi connectivity index (χ0v) is 7.86. The van der Waals surface area contributed by atoms with Gasteiger partial charge in [-0.2, -0.15) is 0 Å². The first-order valence-electron chi connectivity index (χ1n) is 4.53. The Labute approximate surface area is 86.1 Å². The third kappa shape index (κ3) is 1.90. The number of carbonyl (C=O) groups is 2. The van der Waals surface area contributed by atoms with Crippen LogP contribution in [0.25, 0.3) is 0 Å². The minimum atomic E-state index is -0.710. The maximum atomic E-state index is 11.4. The van der Waals surface area contributed by atoms with Crippen molar-refractivity contribution < 1.29 is 14.7 Å². The van der Waals surface area contributed by atoms with Crippen LogP contribution in [0.15, 0.2) is 24.3 Å². The van der Waals surface area contributed by atoms with Crippen LogP contribution in [-0.4, -0.2) is 23.5 Å². The second-order valence-electron chi connectivity index (χ2n) is 3.31. The minimum Gasteiger partial charge on any atom is -0.508 e. The van der Waals surface area contributed by atoms with Crippen LogP contribution in [0, 0.1) is 0 Å². The van der Waals surface area contributed by atoms with Crippen LogP contribution in [-0.2, 0) is 9.59 Å². The van der Waals surface area contributed by atoms with Gasteiger partial charge in [-0.05, 0) is 17.7 Å². The monoisotopic (exact) mass is 206 g/mol. The normalized spacial score (nSPS) is 20.7. The number of carbonyl (C=O) groups excluding carboxylic acids is 2. The molecule has 0 aliphatic carbocycles. The van der Waals surface area contributed by atoms with Crippen LogP contribution < -0.4 is 10.6 Å². The zero-order chi connectivity index (χ0) is 10.8. The Balaban J connectivity index is 2.28. The van der Waals surface area contributed by atoms with E-state index in [-0.39, 0.29) is 24.1 Å². The lowest BCUT2D eigenvalue weighted by atomic mass is 10.0. The summed E-state index contributed by atoms with van der Waals surface area (Å²) in [5.41, 5.74) is 0.570. The molecule has 0 aromatic heterocycles. The van der Waals surface area contributed by atoms with Crippen LogP contribution in [0.1, 0.15) is 11.6 Å². The number of rotatable bonds is 1. The zero-order valence-electron chi connectivity index (χ0n) is 7.86. The molecule has 1 aromatic carbocycles. The quantitative estimate of drug-likeness (QED) is 0.589. The van der Waals surface area contributed by atoms with E-state index in [2.05, 4.69) is 10.6 Å². The molecule has 1 aliphatic rings. The fourth-order valence-corrected chi connectivity index (χ4v) is 1.49. The summed E-state index contributed by atoms with van der Waals surface area (Å²) in [6, 6.07) is 5.55. The lowest BCUT2D eigenvalue weighted by molar-refractivity contribution is -0.133. The van der Waals surface area contributed by atoms with Gasteiger partial charge < -0.3 is 15.7 Å². The Bertz CT molecular complexity index is 417. The standard InChI is InChI=1S/C10H10N2O3/c13-7-3-1-2-6(4-7)9-10(15)11-5-8(14)12-9/h1-4,9,13H,5H2,(H,11,15)(H,12,14)/t9-/m0/s1. The van der Waals surface area contributed by atoms with Crippen molar-refractivity contribution in [2.75, 3.05) is 6.54 Å². The van der Waals surface area contributed by atoms with Crippen LogP contribution >= 0.6 is 0 Å². The Morgan fingerprint density at radius 1 is 1.33 bits per heavy atom. The van der Waals surface area contributed by atoms with Gasteiger partial charge in [0.25, 0.3) is 0 Å². The minimum absolute atomic E-state index is 0.00808. The van der Waals surface area contributed by atoms with Gasteiger partial charge >= 0.3 is 0 Å². The van der Waals surface area contributed by atoms with E-state index in [4.69, 9.17) is 0 Å². The molecule has 1 aliphatic heterocycles. The van der Waals surface area contributed by atoms with E-state index in [1.54, 1.807) is 12.1 Å². The molecule has 0 saturated carbocycles. The van der Waals surface area contributed by atoms with Crippen LogP contribution in [0.2, 0.25) is 0 Å². The third-order valence-corrected chi connectivity index (χ3v) is 2.19. The van der Waals surface area contributed by atoms with Gasteiger partial charge in [-0.3, -0.25) is 9.59 Å². The van der Waals surface area contributed by atoms with Gasteiger partial charge in [-0.1, -0.05) is 12.1 Å². The summed E-state index contributed by atoms with van der Waals surface area (Å²) in [5, 5.41) is 14.3. The van der Waals surface area contributed by atoms with E-state index in [1.165, 1.54) is 12.1 Å². The molecule has 3 N–H and O–H groups in total. The van der Waals surface area contributed by atoms with Crippen molar-refractivity contribution in [1.29, 1.82) is 0 Å². The Morgan fingerprint density at radius 2 is 2.13 bits per heavy atom. The second kappa shape index (κ2) is 3.61. The summed E-state index contributed by atoms with van der Waals surface area (Å²) in [5.74, 6) is -0.428. The number of aromatic hydroxyl groups is 1. The molecule has 1 aromatic rings. The van der Waals surface area contributed by atoms with Crippen molar-refractivity contribution in [1.82, 2.24) is 10.6 Å². The summed E-state index contributed by atoms with van der Waals surface area (Å²) >= 11 is 0. The molecule has 0 radical (unpaired) electrons. The molecule has 5 nitrogen and oxygen atoms in total. The summed E-state index contributed by atoms with van der Waals surface area (Å²) < 4.78 is 0. The smallest absolute Gasteiger partial charge is 0.247 e. The first-order chi connectivity index (χ1) is 7.16. The highest BCUT2D eigenvalue weighted by atomic mass is 16.3. The number of phenolic OH excluding ortho intramolecular Hbond substituents is 1. The summed E-state index contributed by atoms with van der Waals surface area (Å²) in [4.78, 5) is 22.5. The number of nitrogens with one attached hydrogen (secondary N) is 2. The molecule has 1 heterocycles. The highest BCUT2D eigenvalue weighted by Gasteiger charge is 2.27. The molecule has 5 heteroatoms. The van der Waals surface area contributed by atoms with Crippen molar-refractivity contribution in [3.05, 3.63) is 29.8 Å². The Hall–Kier alpha value is -2.04. The molecule has 1 fully saturated rings. The maximum Gasteiger partial charge on any atom is 0.247 e. The largest absolute Gasteiger partial charge is 0.508 e. The van der Waals surface area contributed by atoms with E-state index in [9.17, 15) is 14.7 Å². The van der Waals surface area contributed by atoms with Crippen molar-refractivity contribution >= 4 is 11.8 Å². The van der Waals surface area contributed by atoms with Gasteiger partial charge in [0.2, 0.25) is 11.8 Å². The van der Waals surface area contributed by atoms with Crippen molar-refractivity contribution in [3.8, 4) is 5.75 Å². The number of piperazine rings is 1. The molecule has 0 unspecified atom stereocenters. The molecule has 0 bridgehead atoms. The second-order valence-corrected chi connectivity index (χ2v) is 3.31. The van der Waals surface area contributed by atoms with Crippen molar-refractivity contribution in [3.63, 3.8) is 0 Å². The van der Waals surface area contributed by atoms with E-state index in [0.717, 1.165) is 0 Å². The van der Waals surface area contributed by atoms with Gasteiger partial charge in [0.15, 0.2) is 0 Å². The van der Waals surface area contributed by atoms with Gasteiger partial charge in [0, 0.05) is 0 Å². The highest BCUT2D eigenvalue weighted by molar-refractivity contribution is 5.95. The van der Waals surface area contributed by atoms with E-state index in [0.29, 0.717) is 5.56 Å². The number of hydrogen-bond acceptors (Lipinski definition) is 3. The first kappa shape index (κ1) is 9.51. The lowest BCUT2D eigenvalue weighted by Crippen LogP contribution is -2.50. The predicted molar refractivity (Wildman–Crippen MR) is 52.0 cm³/mol. The molecule has 78 valence electrons. The SMILES string of the molecule is O=C1CNC(=O)[C@H](c2cccc(O)c2)N1. The summed E-state index contributed by atoms with van der Waals surface area (Å²) in [6.45, 7) is 0.00808. The van der Waals surface area contributed by atoms with Crippen LogP contribution in [0.3, 0.4) is 0 Å². The molecule has 0 spiro atoms. The van der Waals surface area contributed by atoms with Gasteiger partial charge in [-0.15, -0.1) is 0 Å². The maximum absolute atomic E-state index is 11.4. The molecular formula is C10H10N2O3. The fraction of sp³-hybridized carbons (Fsp3) is 0.200. The first-order valence-corrected chi connectivity index (χ1v) is 4.53. The van der Waals surface area contributed by atoms with Crippen molar-refractivity contribution in [2.45, 2.75) is 6.04 Å². The number of benzene rings is 1. The highest BCUT2D eigenvalue weighted by Crippen LogP contribution is 2.19. The molecular weight excluding hydrogens is 196 g/mol. The van der Waals surface area contributed by atoms with Crippen molar-refractivity contribution in [2.24, 2.45) is 0 Å². The van der Waals surface area contributed by atoms with Gasteiger partial charge in [0.05, 0.1) is 6.54 Å². The summed E-state index contributed by atoms with van der Waals surface area (Å²) in [7, 11) is 0. The molecule has 1 saturated heterocycles. The van der Waals surface area contributed by atoms with Gasteiger partial charge in [-0.25, -0.2) is 0 Å². The number of amides is 2. The Morgan fingerprint density at radius 3 is 2.87 bits per heavy atom. The molecule has 1 atom stereocenters. The van der Waals surface area contributed by atoms with E-state index < -0.39 is 6.04 Å².